The van der Waals surface area contributed by atoms with Crippen molar-refractivity contribution in [3.63, 3.8) is 0 Å². The van der Waals surface area contributed by atoms with E-state index >= 15 is 0 Å². The van der Waals surface area contributed by atoms with Gasteiger partial charge in [-0.15, -0.1) is 0 Å². The van der Waals surface area contributed by atoms with Crippen molar-refractivity contribution in [1.82, 2.24) is 20.1 Å². The van der Waals surface area contributed by atoms with Gasteiger partial charge < -0.3 is 11.1 Å². The summed E-state index contributed by atoms with van der Waals surface area (Å²) in [4.78, 5) is 16.4. The molecule has 0 unspecified atom stereocenters. The predicted octanol–water partition coefficient (Wildman–Crippen LogP) is 1.20. The number of nitrogens with zero attached hydrogens (tertiary/aromatic N) is 3. The summed E-state index contributed by atoms with van der Waals surface area (Å²) in [7, 11) is 1.72. The Hall–Kier alpha value is -2.37. The molecule has 0 fully saturated rings. The number of nitrogen functional groups attached to an aromatic ring is 1. The Bertz CT molecular complexity index is 615. The van der Waals surface area contributed by atoms with Gasteiger partial charge in [0.2, 0.25) is 0 Å². The van der Waals surface area contributed by atoms with Gasteiger partial charge in [0.25, 0.3) is 5.91 Å². The molecule has 106 valence electrons. The highest BCUT2D eigenvalue weighted by Crippen LogP contribution is 2.16. The summed E-state index contributed by atoms with van der Waals surface area (Å²) < 4.78 is 1.52. The maximum absolute atomic E-state index is 12.2. The number of pyridine rings is 1. The normalized spacial score (nSPS) is 10.6. The van der Waals surface area contributed by atoms with Crippen molar-refractivity contribution in [2.45, 2.75) is 26.8 Å². The number of amides is 1. The Kier molecular flexibility index (Phi) is 4.02. The molecule has 6 nitrogen and oxygen atoms in total. The van der Waals surface area contributed by atoms with Crippen LogP contribution < -0.4 is 11.1 Å². The topological polar surface area (TPSA) is 85.8 Å². The minimum Gasteiger partial charge on any atom is -0.395 e. The summed E-state index contributed by atoms with van der Waals surface area (Å²) >= 11 is 0. The van der Waals surface area contributed by atoms with Gasteiger partial charge in [0.15, 0.2) is 0 Å². The molecule has 3 N–H and O–H groups in total. The van der Waals surface area contributed by atoms with Crippen LogP contribution in [0.3, 0.4) is 0 Å². The van der Waals surface area contributed by atoms with Crippen molar-refractivity contribution in [3.05, 3.63) is 41.0 Å². The number of carbonyl (C=O) groups excluding carboxylic acids is 1. The van der Waals surface area contributed by atoms with Crippen LogP contribution in [-0.2, 0) is 20.0 Å². The molecule has 2 aromatic heterocycles. The van der Waals surface area contributed by atoms with E-state index in [1.165, 1.54) is 4.68 Å². The first-order valence-corrected chi connectivity index (χ1v) is 6.54. The number of carbonyl (C=O) groups is 1. The van der Waals surface area contributed by atoms with Gasteiger partial charge in [-0.1, -0.05) is 13.0 Å². The number of aromatic nitrogens is 3. The summed E-state index contributed by atoms with van der Waals surface area (Å²) in [6, 6.07) is 3.85. The van der Waals surface area contributed by atoms with E-state index in [0.717, 1.165) is 17.0 Å². The van der Waals surface area contributed by atoms with Gasteiger partial charge in [-0.3, -0.25) is 14.5 Å². The number of nitrogens with two attached hydrogens (primary N) is 1. The summed E-state index contributed by atoms with van der Waals surface area (Å²) in [6.07, 6.45) is 2.45. The average Bonchev–Trinajstić information content (AvgIpc) is 2.72. The Morgan fingerprint density at radius 3 is 2.75 bits per heavy atom. The second-order valence-electron chi connectivity index (χ2n) is 4.68. The van der Waals surface area contributed by atoms with Gasteiger partial charge in [-0.25, -0.2) is 0 Å². The third-order valence-corrected chi connectivity index (χ3v) is 3.14. The zero-order valence-electron chi connectivity index (χ0n) is 12.0. The van der Waals surface area contributed by atoms with Gasteiger partial charge in [0, 0.05) is 25.5 Å². The lowest BCUT2D eigenvalue weighted by Gasteiger charge is -2.06. The molecule has 2 heterocycles. The van der Waals surface area contributed by atoms with Gasteiger partial charge in [0.05, 0.1) is 11.4 Å². The van der Waals surface area contributed by atoms with Crippen molar-refractivity contribution in [1.29, 1.82) is 0 Å². The van der Waals surface area contributed by atoms with Crippen LogP contribution in [0.25, 0.3) is 0 Å². The number of rotatable bonds is 4. The Morgan fingerprint density at radius 2 is 2.20 bits per heavy atom. The molecule has 0 atom stereocenters. The molecule has 0 aliphatic heterocycles. The molecule has 1 amide bonds. The molecule has 0 bridgehead atoms. The fourth-order valence-corrected chi connectivity index (χ4v) is 2.00. The third kappa shape index (κ3) is 2.79. The molecule has 0 aromatic carbocycles. The molecule has 20 heavy (non-hydrogen) atoms. The maximum atomic E-state index is 12.2. The van der Waals surface area contributed by atoms with E-state index < -0.39 is 0 Å². The quantitative estimate of drug-likeness (QED) is 0.876. The van der Waals surface area contributed by atoms with Crippen molar-refractivity contribution in [3.8, 4) is 0 Å². The maximum Gasteiger partial charge on any atom is 0.271 e. The van der Waals surface area contributed by atoms with E-state index in [-0.39, 0.29) is 5.91 Å². The van der Waals surface area contributed by atoms with Crippen LogP contribution in [0.5, 0.6) is 0 Å². The first-order chi connectivity index (χ1) is 9.52. The fourth-order valence-electron chi connectivity index (χ4n) is 2.00. The second kappa shape index (κ2) is 5.73. The number of hydrogen-bond donors (Lipinski definition) is 2. The van der Waals surface area contributed by atoms with E-state index in [0.29, 0.717) is 24.3 Å². The SMILES string of the molecule is CCc1nn(C)c(C(=O)NCc2ccc(C)nc2)c1N. The third-order valence-electron chi connectivity index (χ3n) is 3.14. The number of nitrogens with one attached hydrogen (secondary N) is 1. The summed E-state index contributed by atoms with van der Waals surface area (Å²) in [5.74, 6) is -0.224. The standard InChI is InChI=1S/C14H19N5O/c1-4-11-12(15)13(19(3)18-11)14(20)17-8-10-6-5-9(2)16-7-10/h5-7H,4,8,15H2,1-3H3,(H,17,20). The zero-order chi connectivity index (χ0) is 14.7. The first kappa shape index (κ1) is 14.0. The first-order valence-electron chi connectivity index (χ1n) is 6.54. The molecule has 0 spiro atoms. The van der Waals surface area contributed by atoms with Gasteiger partial charge >= 0.3 is 0 Å². The van der Waals surface area contributed by atoms with Crippen LogP contribution in [0, 0.1) is 6.92 Å². The van der Waals surface area contributed by atoms with E-state index in [4.69, 9.17) is 5.73 Å². The molecule has 6 heteroatoms. The molecule has 0 saturated heterocycles. The Labute approximate surface area is 118 Å². The van der Waals surface area contributed by atoms with Gasteiger partial charge in [0.1, 0.15) is 5.69 Å². The van der Waals surface area contributed by atoms with Crippen LogP contribution in [0.2, 0.25) is 0 Å². The van der Waals surface area contributed by atoms with Crippen LogP contribution in [-0.4, -0.2) is 20.7 Å². The van der Waals surface area contributed by atoms with Crippen LogP contribution in [0.1, 0.15) is 34.4 Å². The second-order valence-corrected chi connectivity index (χ2v) is 4.68. The minimum absolute atomic E-state index is 0.224. The molecule has 0 saturated carbocycles. The van der Waals surface area contributed by atoms with Crippen molar-refractivity contribution in [2.24, 2.45) is 7.05 Å². The largest absolute Gasteiger partial charge is 0.395 e. The van der Waals surface area contributed by atoms with Crippen molar-refractivity contribution >= 4 is 11.6 Å². The van der Waals surface area contributed by atoms with Gasteiger partial charge in [-0.05, 0) is 25.0 Å². The van der Waals surface area contributed by atoms with Crippen molar-refractivity contribution in [2.75, 3.05) is 5.73 Å². The highest BCUT2D eigenvalue weighted by molar-refractivity contribution is 5.97. The molecule has 0 aliphatic carbocycles. The van der Waals surface area contributed by atoms with E-state index in [1.807, 2.05) is 26.0 Å². The van der Waals surface area contributed by atoms with E-state index in [9.17, 15) is 4.79 Å². The van der Waals surface area contributed by atoms with Crippen LogP contribution in [0.15, 0.2) is 18.3 Å². The zero-order valence-corrected chi connectivity index (χ0v) is 12.0. The number of anilines is 1. The minimum atomic E-state index is -0.224. The highest BCUT2D eigenvalue weighted by Gasteiger charge is 2.18. The lowest BCUT2D eigenvalue weighted by molar-refractivity contribution is 0.0942. The predicted molar refractivity (Wildman–Crippen MR) is 77.1 cm³/mol. The summed E-state index contributed by atoms with van der Waals surface area (Å²) in [5.41, 5.74) is 9.44. The van der Waals surface area contributed by atoms with E-state index in [2.05, 4.69) is 15.4 Å². The summed E-state index contributed by atoms with van der Waals surface area (Å²) in [5, 5.41) is 7.07. The molecular weight excluding hydrogens is 254 g/mol. The highest BCUT2D eigenvalue weighted by atomic mass is 16.2. The molecule has 2 rings (SSSR count). The van der Waals surface area contributed by atoms with E-state index in [1.54, 1.807) is 13.2 Å². The number of aryl methyl sites for hydroxylation is 3. The Balaban J connectivity index is 2.09. The van der Waals surface area contributed by atoms with Crippen LogP contribution >= 0.6 is 0 Å². The smallest absolute Gasteiger partial charge is 0.271 e. The molecule has 0 aliphatic rings. The van der Waals surface area contributed by atoms with Crippen LogP contribution in [0.4, 0.5) is 5.69 Å². The van der Waals surface area contributed by atoms with Crippen molar-refractivity contribution < 1.29 is 4.79 Å². The molecular formula is C14H19N5O. The molecule has 2 aromatic rings. The Morgan fingerprint density at radius 1 is 1.45 bits per heavy atom. The van der Waals surface area contributed by atoms with Gasteiger partial charge in [-0.2, -0.15) is 5.10 Å². The lowest BCUT2D eigenvalue weighted by Crippen LogP contribution is -2.26. The average molecular weight is 273 g/mol. The lowest BCUT2D eigenvalue weighted by atomic mass is 10.2. The molecule has 0 radical (unpaired) electrons. The number of hydrogen-bond acceptors (Lipinski definition) is 4. The fraction of sp³-hybridized carbons (Fsp3) is 0.357. The monoisotopic (exact) mass is 273 g/mol. The summed E-state index contributed by atoms with van der Waals surface area (Å²) in [6.45, 7) is 4.29.